The number of halogens is 1. The van der Waals surface area contributed by atoms with Crippen LogP contribution in [-0.4, -0.2) is 5.91 Å². The standard InChI is InChI=1S/C16H17FN2O/c1-10-3-8-15(18)14(9-10)16(20)19-11(2)12-4-6-13(17)7-5-12/h3-9,11H,18H2,1-2H3,(H,19,20)/t11-/m1/s1. The van der Waals surface area contributed by atoms with Gasteiger partial charge in [-0.3, -0.25) is 4.79 Å². The van der Waals surface area contributed by atoms with Crippen LogP contribution < -0.4 is 11.1 Å². The van der Waals surface area contributed by atoms with Crippen molar-refractivity contribution in [3.05, 3.63) is 65.0 Å². The highest BCUT2D eigenvalue weighted by atomic mass is 19.1. The second kappa shape index (κ2) is 5.74. The van der Waals surface area contributed by atoms with Crippen LogP contribution >= 0.6 is 0 Å². The van der Waals surface area contributed by atoms with Crippen molar-refractivity contribution < 1.29 is 9.18 Å². The Kier molecular flexibility index (Phi) is 4.03. The first-order chi connectivity index (χ1) is 9.47. The van der Waals surface area contributed by atoms with E-state index in [1.165, 1.54) is 12.1 Å². The van der Waals surface area contributed by atoms with Crippen LogP contribution in [0.15, 0.2) is 42.5 Å². The molecule has 0 aliphatic rings. The molecule has 20 heavy (non-hydrogen) atoms. The molecule has 0 saturated heterocycles. The molecule has 2 rings (SSSR count). The first-order valence-electron chi connectivity index (χ1n) is 6.40. The van der Waals surface area contributed by atoms with Gasteiger partial charge in [-0.15, -0.1) is 0 Å². The number of carbonyl (C=O) groups excluding carboxylic acids is 1. The fourth-order valence-electron chi connectivity index (χ4n) is 1.98. The number of benzene rings is 2. The van der Waals surface area contributed by atoms with Gasteiger partial charge in [0, 0.05) is 5.69 Å². The Morgan fingerprint density at radius 3 is 2.50 bits per heavy atom. The van der Waals surface area contributed by atoms with Crippen LogP contribution in [0.3, 0.4) is 0 Å². The SMILES string of the molecule is Cc1ccc(N)c(C(=O)N[C@H](C)c2ccc(F)cc2)c1. The maximum absolute atomic E-state index is 12.9. The molecule has 0 saturated carbocycles. The Bertz CT molecular complexity index is 623. The zero-order chi connectivity index (χ0) is 14.7. The number of carbonyl (C=O) groups is 1. The number of rotatable bonds is 3. The fourth-order valence-corrected chi connectivity index (χ4v) is 1.98. The van der Waals surface area contributed by atoms with E-state index < -0.39 is 0 Å². The average Bonchev–Trinajstić information content (AvgIpc) is 2.42. The number of hydrogen-bond acceptors (Lipinski definition) is 2. The van der Waals surface area contributed by atoms with Crippen LogP contribution in [0.4, 0.5) is 10.1 Å². The summed E-state index contributed by atoms with van der Waals surface area (Å²) in [5.41, 5.74) is 8.53. The van der Waals surface area contributed by atoms with Crippen molar-refractivity contribution in [3.63, 3.8) is 0 Å². The summed E-state index contributed by atoms with van der Waals surface area (Å²) in [6.07, 6.45) is 0. The lowest BCUT2D eigenvalue weighted by molar-refractivity contribution is 0.0940. The summed E-state index contributed by atoms with van der Waals surface area (Å²) >= 11 is 0. The van der Waals surface area contributed by atoms with E-state index in [9.17, 15) is 9.18 Å². The quantitative estimate of drug-likeness (QED) is 0.843. The molecule has 0 heterocycles. The van der Waals surface area contributed by atoms with Gasteiger partial charge in [0.1, 0.15) is 5.82 Å². The first-order valence-corrected chi connectivity index (χ1v) is 6.40. The summed E-state index contributed by atoms with van der Waals surface area (Å²) < 4.78 is 12.9. The van der Waals surface area contributed by atoms with Crippen LogP contribution in [0, 0.1) is 12.7 Å². The molecule has 0 unspecified atom stereocenters. The molecule has 0 aliphatic heterocycles. The molecular weight excluding hydrogens is 255 g/mol. The first kappa shape index (κ1) is 14.1. The fraction of sp³-hybridized carbons (Fsp3) is 0.188. The maximum atomic E-state index is 12.9. The Labute approximate surface area is 117 Å². The van der Waals surface area contributed by atoms with E-state index in [1.54, 1.807) is 24.3 Å². The zero-order valence-electron chi connectivity index (χ0n) is 11.5. The Morgan fingerprint density at radius 2 is 1.85 bits per heavy atom. The van der Waals surface area contributed by atoms with E-state index in [-0.39, 0.29) is 17.8 Å². The van der Waals surface area contributed by atoms with Gasteiger partial charge < -0.3 is 11.1 Å². The van der Waals surface area contributed by atoms with Crippen LogP contribution in [0.5, 0.6) is 0 Å². The predicted molar refractivity (Wildman–Crippen MR) is 77.9 cm³/mol. The van der Waals surface area contributed by atoms with Gasteiger partial charge in [0.15, 0.2) is 0 Å². The highest BCUT2D eigenvalue weighted by Crippen LogP contribution is 2.17. The van der Waals surface area contributed by atoms with Gasteiger partial charge in [0.25, 0.3) is 5.91 Å². The van der Waals surface area contributed by atoms with E-state index in [1.807, 2.05) is 19.9 Å². The smallest absolute Gasteiger partial charge is 0.253 e. The summed E-state index contributed by atoms with van der Waals surface area (Å²) in [5.74, 6) is -0.529. The molecule has 0 spiro atoms. The molecule has 104 valence electrons. The number of nitrogens with two attached hydrogens (primary N) is 1. The molecule has 3 nitrogen and oxygen atoms in total. The van der Waals surface area contributed by atoms with E-state index in [0.717, 1.165) is 11.1 Å². The number of anilines is 1. The largest absolute Gasteiger partial charge is 0.398 e. The third kappa shape index (κ3) is 3.15. The van der Waals surface area contributed by atoms with Crippen molar-refractivity contribution in [1.82, 2.24) is 5.32 Å². The predicted octanol–water partition coefficient (Wildman–Crippen LogP) is 3.21. The van der Waals surface area contributed by atoms with Gasteiger partial charge in [-0.1, -0.05) is 23.8 Å². The number of nitrogen functional groups attached to an aromatic ring is 1. The lowest BCUT2D eigenvalue weighted by Gasteiger charge is -2.15. The van der Waals surface area contributed by atoms with Gasteiger partial charge in [-0.2, -0.15) is 0 Å². The van der Waals surface area contributed by atoms with Crippen molar-refractivity contribution >= 4 is 11.6 Å². The summed E-state index contributed by atoms with van der Waals surface area (Å²) in [6.45, 7) is 3.75. The summed E-state index contributed by atoms with van der Waals surface area (Å²) in [6, 6.07) is 11.2. The second-order valence-electron chi connectivity index (χ2n) is 4.84. The van der Waals surface area contributed by atoms with E-state index in [2.05, 4.69) is 5.32 Å². The monoisotopic (exact) mass is 272 g/mol. The number of nitrogens with one attached hydrogen (secondary N) is 1. The summed E-state index contributed by atoms with van der Waals surface area (Å²) in [5, 5.41) is 2.86. The van der Waals surface area contributed by atoms with Gasteiger partial charge in [0.05, 0.1) is 11.6 Å². The normalized spacial score (nSPS) is 11.9. The molecule has 2 aromatic carbocycles. The molecule has 0 fully saturated rings. The van der Waals surface area contributed by atoms with E-state index in [4.69, 9.17) is 5.73 Å². The Morgan fingerprint density at radius 1 is 1.20 bits per heavy atom. The van der Waals surface area contributed by atoms with E-state index >= 15 is 0 Å². The van der Waals surface area contributed by atoms with Gasteiger partial charge in [-0.05, 0) is 43.7 Å². The molecule has 1 amide bonds. The van der Waals surface area contributed by atoms with Crippen molar-refractivity contribution in [2.75, 3.05) is 5.73 Å². The van der Waals surface area contributed by atoms with Crippen LogP contribution in [-0.2, 0) is 0 Å². The highest BCUT2D eigenvalue weighted by molar-refractivity contribution is 5.99. The molecule has 0 aromatic heterocycles. The third-order valence-corrected chi connectivity index (χ3v) is 3.17. The number of amides is 1. The van der Waals surface area contributed by atoms with Crippen molar-refractivity contribution in [2.24, 2.45) is 0 Å². The number of aryl methyl sites for hydroxylation is 1. The van der Waals surface area contributed by atoms with Gasteiger partial charge >= 0.3 is 0 Å². The molecule has 1 atom stereocenters. The van der Waals surface area contributed by atoms with Crippen molar-refractivity contribution in [2.45, 2.75) is 19.9 Å². The lowest BCUT2D eigenvalue weighted by Crippen LogP contribution is -2.27. The topological polar surface area (TPSA) is 55.1 Å². The third-order valence-electron chi connectivity index (χ3n) is 3.17. The molecule has 2 aromatic rings. The van der Waals surface area contributed by atoms with Gasteiger partial charge in [0.2, 0.25) is 0 Å². The average molecular weight is 272 g/mol. The molecule has 0 radical (unpaired) electrons. The molecular formula is C16H17FN2O. The van der Waals surface area contributed by atoms with E-state index in [0.29, 0.717) is 11.3 Å². The van der Waals surface area contributed by atoms with Crippen LogP contribution in [0.1, 0.15) is 34.5 Å². The minimum Gasteiger partial charge on any atom is -0.398 e. The molecule has 4 heteroatoms. The Balaban J connectivity index is 2.15. The number of hydrogen-bond donors (Lipinski definition) is 2. The summed E-state index contributed by atoms with van der Waals surface area (Å²) in [4.78, 5) is 12.2. The molecule has 0 aliphatic carbocycles. The summed E-state index contributed by atoms with van der Waals surface area (Å²) in [7, 11) is 0. The minimum atomic E-state index is -0.296. The molecule has 0 bridgehead atoms. The van der Waals surface area contributed by atoms with Crippen molar-refractivity contribution in [1.29, 1.82) is 0 Å². The minimum absolute atomic E-state index is 0.219. The lowest BCUT2D eigenvalue weighted by atomic mass is 10.1. The van der Waals surface area contributed by atoms with Gasteiger partial charge in [-0.25, -0.2) is 4.39 Å². The van der Waals surface area contributed by atoms with Crippen LogP contribution in [0.2, 0.25) is 0 Å². The van der Waals surface area contributed by atoms with Crippen molar-refractivity contribution in [3.8, 4) is 0 Å². The maximum Gasteiger partial charge on any atom is 0.253 e. The van der Waals surface area contributed by atoms with Crippen LogP contribution in [0.25, 0.3) is 0 Å². The zero-order valence-corrected chi connectivity index (χ0v) is 11.5. The second-order valence-corrected chi connectivity index (χ2v) is 4.84. The highest BCUT2D eigenvalue weighted by Gasteiger charge is 2.14. The Hall–Kier alpha value is -2.36. The molecule has 3 N–H and O–H groups in total.